The van der Waals surface area contributed by atoms with E-state index in [2.05, 4.69) is 10.3 Å². The first-order chi connectivity index (χ1) is 16.4. The van der Waals surface area contributed by atoms with Crippen LogP contribution in [-0.2, 0) is 16.6 Å². The zero-order valence-corrected chi connectivity index (χ0v) is 18.9. The minimum Gasteiger partial charge on any atom is -0.497 e. The van der Waals surface area contributed by atoms with Gasteiger partial charge in [0, 0.05) is 59.3 Å². The van der Waals surface area contributed by atoms with Crippen LogP contribution in [0, 0.1) is 0 Å². The van der Waals surface area contributed by atoms with Gasteiger partial charge in [-0.1, -0.05) is 6.07 Å². The third-order valence-electron chi connectivity index (χ3n) is 6.82. The molecule has 2 amide bonds. The minimum atomic E-state index is -0.647. The van der Waals surface area contributed by atoms with Gasteiger partial charge < -0.3 is 19.6 Å². The highest BCUT2D eigenvalue weighted by Crippen LogP contribution is 2.45. The SMILES string of the molecule is COc1ccc2[nH]c(=O)c(C3C4=C(CN(C(C)=O)C4=O)Nc4cccc5c4c3cn5C)cc2c1. The summed E-state index contributed by atoms with van der Waals surface area (Å²) in [7, 11) is 3.53. The van der Waals surface area contributed by atoms with Gasteiger partial charge >= 0.3 is 0 Å². The van der Waals surface area contributed by atoms with Gasteiger partial charge in [0.1, 0.15) is 5.75 Å². The molecule has 4 heterocycles. The lowest BCUT2D eigenvalue weighted by molar-refractivity contribution is -0.139. The van der Waals surface area contributed by atoms with Crippen LogP contribution >= 0.6 is 0 Å². The van der Waals surface area contributed by atoms with Crippen LogP contribution in [0.15, 0.2) is 64.7 Å². The van der Waals surface area contributed by atoms with Gasteiger partial charge in [-0.2, -0.15) is 0 Å². The topological polar surface area (TPSA) is 96.4 Å². The molecule has 0 spiro atoms. The van der Waals surface area contributed by atoms with Crippen molar-refractivity contribution in [2.75, 3.05) is 19.0 Å². The van der Waals surface area contributed by atoms with Crippen LogP contribution < -0.4 is 15.6 Å². The van der Waals surface area contributed by atoms with E-state index in [-0.39, 0.29) is 23.9 Å². The Hall–Kier alpha value is -4.33. The molecule has 0 radical (unpaired) electrons. The highest BCUT2D eigenvalue weighted by molar-refractivity contribution is 6.11. The Morgan fingerprint density at radius 3 is 2.71 bits per heavy atom. The first-order valence-electron chi connectivity index (χ1n) is 11.0. The number of carbonyl (C=O) groups excluding carboxylic acids is 2. The van der Waals surface area contributed by atoms with E-state index in [0.29, 0.717) is 28.1 Å². The lowest BCUT2D eigenvalue weighted by Gasteiger charge is -2.19. The Balaban J connectivity index is 1.68. The Morgan fingerprint density at radius 2 is 1.94 bits per heavy atom. The number of anilines is 1. The highest BCUT2D eigenvalue weighted by atomic mass is 16.5. The fourth-order valence-corrected chi connectivity index (χ4v) is 5.24. The van der Waals surface area contributed by atoms with Crippen molar-refractivity contribution < 1.29 is 14.3 Å². The number of aryl methyl sites for hydroxylation is 1. The Bertz CT molecular complexity index is 1640. The zero-order valence-electron chi connectivity index (χ0n) is 18.9. The van der Waals surface area contributed by atoms with Crippen LogP contribution in [0.1, 0.15) is 24.0 Å². The number of methoxy groups -OCH3 is 1. The number of amides is 2. The van der Waals surface area contributed by atoms with Gasteiger partial charge in [0.15, 0.2) is 0 Å². The predicted octanol–water partition coefficient (Wildman–Crippen LogP) is 3.23. The number of fused-ring (bicyclic) bond motifs is 1. The summed E-state index contributed by atoms with van der Waals surface area (Å²) in [5.41, 5.74) is 4.58. The van der Waals surface area contributed by atoms with Gasteiger partial charge in [-0.15, -0.1) is 0 Å². The largest absolute Gasteiger partial charge is 0.497 e. The molecule has 0 fully saturated rings. The number of carbonyl (C=O) groups is 2. The number of rotatable bonds is 2. The second kappa shape index (κ2) is 7.08. The lowest BCUT2D eigenvalue weighted by Crippen LogP contribution is -2.33. The molecule has 0 saturated heterocycles. The molecule has 34 heavy (non-hydrogen) atoms. The average molecular weight is 454 g/mol. The van der Waals surface area contributed by atoms with Crippen molar-refractivity contribution in [1.29, 1.82) is 0 Å². The molecule has 8 nitrogen and oxygen atoms in total. The molecule has 2 aliphatic rings. The van der Waals surface area contributed by atoms with Crippen LogP contribution in [-0.4, -0.2) is 39.9 Å². The van der Waals surface area contributed by atoms with Gasteiger partial charge in [0.2, 0.25) is 5.91 Å². The summed E-state index contributed by atoms with van der Waals surface area (Å²) >= 11 is 0. The average Bonchev–Trinajstić information content (AvgIpc) is 3.27. The van der Waals surface area contributed by atoms with Crippen LogP contribution in [0.3, 0.4) is 0 Å². The number of nitrogens with zero attached hydrogens (tertiary/aromatic N) is 2. The van der Waals surface area contributed by atoms with E-state index < -0.39 is 5.92 Å². The molecule has 0 saturated carbocycles. The van der Waals surface area contributed by atoms with Crippen LogP contribution in [0.5, 0.6) is 5.75 Å². The molecule has 8 heteroatoms. The van der Waals surface area contributed by atoms with Crippen LogP contribution in [0.2, 0.25) is 0 Å². The minimum absolute atomic E-state index is 0.145. The molecule has 0 bridgehead atoms. The number of H-pyrrole nitrogens is 1. The third kappa shape index (κ3) is 2.75. The molecule has 2 aromatic carbocycles. The van der Waals surface area contributed by atoms with Crippen LogP contribution in [0.25, 0.3) is 21.8 Å². The van der Waals surface area contributed by atoms with E-state index in [1.54, 1.807) is 19.2 Å². The maximum atomic E-state index is 13.5. The van der Waals surface area contributed by atoms with Gasteiger partial charge in [0.25, 0.3) is 11.5 Å². The molecule has 2 aromatic heterocycles. The number of ether oxygens (including phenoxy) is 1. The molecular formula is C26H22N4O4. The fraction of sp³-hybridized carbons (Fsp3) is 0.192. The standard InChI is InChI=1S/C26H22N4O4/c1-13(31)30-12-20-24(26(30)33)22(17-11-29(2)21-6-4-5-19(27-20)23(17)21)16-10-14-9-15(34-3)7-8-18(14)28-25(16)32/h4-11,22,27H,12H2,1-3H3,(H,28,32). The number of aromatic amines is 1. The van der Waals surface area contributed by atoms with Crippen molar-refractivity contribution in [1.82, 2.24) is 14.5 Å². The zero-order chi connectivity index (χ0) is 23.7. The Labute approximate surface area is 194 Å². The number of benzene rings is 2. The maximum Gasteiger partial charge on any atom is 0.259 e. The van der Waals surface area contributed by atoms with E-state index in [4.69, 9.17) is 4.74 Å². The molecule has 2 aliphatic heterocycles. The van der Waals surface area contributed by atoms with Gasteiger partial charge in [-0.05, 0) is 42.0 Å². The monoisotopic (exact) mass is 454 g/mol. The normalized spacial score (nSPS) is 17.2. The van der Waals surface area contributed by atoms with Crippen molar-refractivity contribution in [3.63, 3.8) is 0 Å². The Kier molecular flexibility index (Phi) is 4.23. The summed E-state index contributed by atoms with van der Waals surface area (Å²) in [6.45, 7) is 1.52. The smallest absolute Gasteiger partial charge is 0.259 e. The second-order valence-corrected chi connectivity index (χ2v) is 8.76. The van der Waals surface area contributed by atoms with Crippen LogP contribution in [0.4, 0.5) is 5.69 Å². The quantitative estimate of drug-likeness (QED) is 0.485. The Morgan fingerprint density at radius 1 is 1.12 bits per heavy atom. The molecule has 170 valence electrons. The van der Waals surface area contributed by atoms with E-state index in [1.807, 2.05) is 48.1 Å². The van der Waals surface area contributed by atoms with E-state index in [0.717, 1.165) is 27.5 Å². The van der Waals surface area contributed by atoms with Gasteiger partial charge in [0.05, 0.1) is 24.7 Å². The predicted molar refractivity (Wildman–Crippen MR) is 129 cm³/mol. The number of nitrogens with one attached hydrogen (secondary N) is 2. The van der Waals surface area contributed by atoms with Crippen molar-refractivity contribution in [2.45, 2.75) is 12.8 Å². The number of imide groups is 1. The van der Waals surface area contributed by atoms with Crippen molar-refractivity contribution in [3.05, 3.63) is 81.4 Å². The van der Waals surface area contributed by atoms with E-state index >= 15 is 0 Å². The summed E-state index contributed by atoms with van der Waals surface area (Å²) < 4.78 is 7.36. The third-order valence-corrected chi connectivity index (χ3v) is 6.82. The van der Waals surface area contributed by atoms with Gasteiger partial charge in [-0.3, -0.25) is 19.3 Å². The summed E-state index contributed by atoms with van der Waals surface area (Å²) in [4.78, 5) is 43.4. The van der Waals surface area contributed by atoms with Crippen molar-refractivity contribution >= 4 is 39.3 Å². The molecule has 2 N–H and O–H groups in total. The van der Waals surface area contributed by atoms with E-state index in [9.17, 15) is 14.4 Å². The molecule has 1 atom stereocenters. The molecule has 6 rings (SSSR count). The number of pyridine rings is 1. The molecule has 1 unspecified atom stereocenters. The number of aromatic nitrogens is 2. The summed E-state index contributed by atoms with van der Waals surface area (Å²) in [6, 6.07) is 13.2. The summed E-state index contributed by atoms with van der Waals surface area (Å²) in [5.74, 6) is -0.691. The summed E-state index contributed by atoms with van der Waals surface area (Å²) in [6.07, 6.45) is 1.97. The van der Waals surface area contributed by atoms with Gasteiger partial charge in [-0.25, -0.2) is 0 Å². The van der Waals surface area contributed by atoms with Crippen molar-refractivity contribution in [2.24, 2.45) is 7.05 Å². The molecule has 4 aromatic rings. The maximum absolute atomic E-state index is 13.5. The van der Waals surface area contributed by atoms with Crippen molar-refractivity contribution in [3.8, 4) is 5.75 Å². The molecule has 0 aliphatic carbocycles. The number of hydrogen-bond donors (Lipinski definition) is 2. The lowest BCUT2D eigenvalue weighted by atomic mass is 9.84. The highest BCUT2D eigenvalue weighted by Gasteiger charge is 2.42. The first-order valence-corrected chi connectivity index (χ1v) is 11.0. The second-order valence-electron chi connectivity index (χ2n) is 8.76. The number of hydrogen-bond acceptors (Lipinski definition) is 5. The van der Waals surface area contributed by atoms with E-state index in [1.165, 1.54) is 11.8 Å². The first kappa shape index (κ1) is 20.3. The fourth-order valence-electron chi connectivity index (χ4n) is 5.24. The summed E-state index contributed by atoms with van der Waals surface area (Å²) in [5, 5.41) is 5.16. The molecular weight excluding hydrogens is 432 g/mol.